The number of methoxy groups -OCH3 is 1. The van der Waals surface area contributed by atoms with Gasteiger partial charge in [-0.15, -0.1) is 0 Å². The van der Waals surface area contributed by atoms with Gasteiger partial charge in [-0.05, 0) is 6.37 Å². The highest BCUT2D eigenvalue weighted by atomic mass is 16.5. The molecule has 0 bridgehead atoms. The molecule has 1 atom stereocenters. The highest BCUT2D eigenvalue weighted by Gasteiger charge is 2.08. The van der Waals surface area contributed by atoms with E-state index in [1.54, 1.807) is 0 Å². The lowest BCUT2D eigenvalue weighted by Gasteiger charge is -2.02. The van der Waals surface area contributed by atoms with Gasteiger partial charge >= 0.3 is 5.97 Å². The minimum Gasteiger partial charge on any atom is -0.469 e. The molecule has 0 radical (unpaired) electrons. The van der Waals surface area contributed by atoms with E-state index in [1.165, 1.54) is 0 Å². The summed E-state index contributed by atoms with van der Waals surface area (Å²) in [5, 5.41) is 0. The van der Waals surface area contributed by atoms with Crippen LogP contribution in [0.2, 0.25) is 0 Å². The molecule has 0 amide bonds. The molecule has 2 heteroatoms. The normalized spacial score (nSPS) is 38.4. The molecule has 0 aromatic rings. The average molecular weight is 125 g/mol. The number of hydrogen-bond acceptors (Lipinski definition) is 2. The highest BCUT2D eigenvalue weighted by molar-refractivity contribution is 5.71. The molecule has 0 rings (SSSR count). The Balaban J connectivity index is 5.92. The fourth-order valence-electron chi connectivity index (χ4n) is 0.153. The highest BCUT2D eigenvalue weighted by Crippen LogP contribution is 2.00. The molecule has 0 aliphatic carbocycles. The van der Waals surface area contributed by atoms with Crippen LogP contribution in [0.15, 0.2) is 0 Å². The first-order chi connectivity index (χ1) is 7.23. The van der Waals surface area contributed by atoms with Gasteiger partial charge in [0.05, 0.1) is 13.0 Å². The summed E-state index contributed by atoms with van der Waals surface area (Å²) in [5.41, 5.74) is 0. The number of hydrogen-bond donors (Lipinski definition) is 0. The molecular weight excluding hydrogens is 104 g/mol. The molecule has 0 N–H and O–H groups in total. The van der Waals surface area contributed by atoms with Gasteiger partial charge in [-0.1, -0.05) is 13.7 Å². The summed E-state index contributed by atoms with van der Waals surface area (Å²) in [4.78, 5) is 11.3. The molecule has 0 saturated carbocycles. The van der Waals surface area contributed by atoms with Gasteiger partial charge in [0.25, 0.3) is 0 Å². The number of ether oxygens (including phenoxy) is 1. The predicted molar refractivity (Wildman–Crippen MR) is 31.5 cm³/mol. The maximum Gasteiger partial charge on any atom is 0.308 e. The van der Waals surface area contributed by atoms with Gasteiger partial charge in [0.2, 0.25) is 0 Å². The van der Waals surface area contributed by atoms with Gasteiger partial charge < -0.3 is 4.74 Å². The molecule has 0 aliphatic rings. The van der Waals surface area contributed by atoms with E-state index in [2.05, 4.69) is 4.74 Å². The van der Waals surface area contributed by atoms with E-state index in [4.69, 9.17) is 12.3 Å². The van der Waals surface area contributed by atoms with E-state index < -0.39 is 31.9 Å². The topological polar surface area (TPSA) is 26.3 Å². The zero-order valence-electron chi connectivity index (χ0n) is 13.3. The summed E-state index contributed by atoms with van der Waals surface area (Å²) in [6.07, 6.45) is -3.57. The zero-order valence-corrected chi connectivity index (χ0v) is 4.32. The smallest absolute Gasteiger partial charge is 0.308 e. The van der Waals surface area contributed by atoms with Crippen LogP contribution >= 0.6 is 0 Å². The van der Waals surface area contributed by atoms with Gasteiger partial charge in [-0.2, -0.15) is 0 Å². The lowest BCUT2D eigenvalue weighted by Crippen LogP contribution is -2.10. The summed E-state index contributed by atoms with van der Waals surface area (Å²) in [5.74, 6) is -5.27. The van der Waals surface area contributed by atoms with Crippen molar-refractivity contribution in [2.75, 3.05) is 7.11 Å². The van der Waals surface area contributed by atoms with Crippen molar-refractivity contribution in [3.05, 3.63) is 0 Å². The lowest BCUT2D eigenvalue weighted by molar-refractivity contribution is -0.144. The molecule has 2 nitrogen and oxygen atoms in total. The van der Waals surface area contributed by atoms with Crippen molar-refractivity contribution >= 4 is 5.97 Å². The molecular formula is C6H12O2. The summed E-state index contributed by atoms with van der Waals surface area (Å²) in [6, 6.07) is 0. The minimum atomic E-state index is -3.57. The van der Waals surface area contributed by atoms with Gasteiger partial charge in [0.15, 0.2) is 0 Å². The van der Waals surface area contributed by atoms with Crippen LogP contribution in [0.5, 0.6) is 0 Å². The van der Waals surface area contributed by atoms with Crippen LogP contribution in [0.4, 0.5) is 0 Å². The molecule has 8 heavy (non-hydrogen) atoms. The maximum atomic E-state index is 11.3. The Morgan fingerprint density at radius 2 is 3.00 bits per heavy atom. The number of rotatable bonds is 2. The van der Waals surface area contributed by atoms with Gasteiger partial charge in [0.1, 0.15) is 0 Å². The zero-order chi connectivity index (χ0) is 14.3. The van der Waals surface area contributed by atoms with E-state index in [-0.39, 0.29) is 0 Å². The Bertz CT molecular complexity index is 304. The van der Waals surface area contributed by atoms with Crippen molar-refractivity contribution in [3.63, 3.8) is 0 Å². The lowest BCUT2D eigenvalue weighted by atomic mass is 10.1. The maximum absolute atomic E-state index is 11.3. The van der Waals surface area contributed by atoms with E-state index in [1.807, 2.05) is 0 Å². The molecule has 0 heterocycles. The van der Waals surface area contributed by atoms with E-state index in [0.29, 0.717) is 0 Å². The van der Waals surface area contributed by atoms with Crippen molar-refractivity contribution in [1.29, 1.82) is 0 Å². The van der Waals surface area contributed by atoms with Crippen molar-refractivity contribution in [1.82, 2.24) is 0 Å². The fourth-order valence-corrected chi connectivity index (χ4v) is 0.153. The summed E-state index contributed by atoms with van der Waals surface area (Å²) >= 11 is 0. The van der Waals surface area contributed by atoms with Crippen LogP contribution in [0.1, 0.15) is 32.4 Å². The van der Waals surface area contributed by atoms with Crippen molar-refractivity contribution in [2.24, 2.45) is 5.89 Å². The molecule has 0 spiro atoms. The van der Waals surface area contributed by atoms with Crippen LogP contribution in [0.25, 0.3) is 0 Å². The second-order valence-corrected chi connectivity index (χ2v) is 0.992. The Morgan fingerprint density at radius 3 is 3.38 bits per heavy atom. The second kappa shape index (κ2) is 3.47. The number of carbonyl (C=O) groups excluding carboxylic acids is 1. The van der Waals surface area contributed by atoms with Crippen molar-refractivity contribution in [3.8, 4) is 0 Å². The Hall–Kier alpha value is -0.530. The summed E-state index contributed by atoms with van der Waals surface area (Å²) in [7, 11) is 0.757. The monoisotopic (exact) mass is 125 g/mol. The standard InChI is InChI=1S/C6H12O2/c1-4-5(2)6(7)8-3/h5H,4H2,1-3H3/i1D3,2D3,4D2,5D. The molecule has 0 aliphatic heterocycles. The van der Waals surface area contributed by atoms with Crippen molar-refractivity contribution < 1.29 is 21.9 Å². The second-order valence-electron chi connectivity index (χ2n) is 0.992. The van der Waals surface area contributed by atoms with Crippen LogP contribution in [0, 0.1) is 5.89 Å². The van der Waals surface area contributed by atoms with E-state index in [0.717, 1.165) is 7.11 Å². The molecule has 48 valence electrons. The van der Waals surface area contributed by atoms with Gasteiger partial charge in [0, 0.05) is 12.3 Å². The van der Waals surface area contributed by atoms with Gasteiger partial charge in [-0.25, -0.2) is 0 Å². The molecule has 0 aromatic heterocycles. The largest absolute Gasteiger partial charge is 0.469 e. The Kier molecular flexibility index (Phi) is 0.567. The molecule has 1 unspecified atom stereocenters. The third-order valence-corrected chi connectivity index (χ3v) is 0.515. The Morgan fingerprint density at radius 1 is 2.25 bits per heavy atom. The van der Waals surface area contributed by atoms with E-state index in [9.17, 15) is 4.79 Å². The minimum absolute atomic E-state index is 0.757. The van der Waals surface area contributed by atoms with Crippen LogP contribution in [0.3, 0.4) is 0 Å². The molecule has 0 fully saturated rings. The quantitative estimate of drug-likeness (QED) is 0.518. The number of esters is 1. The van der Waals surface area contributed by atoms with Crippen LogP contribution in [-0.4, -0.2) is 13.1 Å². The predicted octanol–water partition coefficient (Wildman–Crippen LogP) is 1.21. The van der Waals surface area contributed by atoms with Gasteiger partial charge in [-0.3, -0.25) is 4.79 Å². The molecule has 0 aromatic carbocycles. The first-order valence-electron chi connectivity index (χ1n) is 6.32. The Labute approximate surface area is 62.5 Å². The summed E-state index contributed by atoms with van der Waals surface area (Å²) in [6.45, 7) is -6.92. The third kappa shape index (κ3) is 1.96. The average Bonchev–Trinajstić information content (AvgIpc) is 2.11. The summed E-state index contributed by atoms with van der Waals surface area (Å²) < 4.78 is 67.9. The SMILES string of the molecule is [2H]C([2H])([2H])C([2H])([2H])C([2H])(C(=O)OC)C([2H])([2H])[2H]. The van der Waals surface area contributed by atoms with Crippen molar-refractivity contribution in [2.45, 2.75) is 20.1 Å². The molecule has 0 saturated heterocycles. The van der Waals surface area contributed by atoms with Crippen LogP contribution in [-0.2, 0) is 9.53 Å². The first kappa shape index (κ1) is 1.31. The first-order valence-corrected chi connectivity index (χ1v) is 1.82. The number of carbonyl (C=O) groups is 1. The third-order valence-electron chi connectivity index (χ3n) is 0.515. The van der Waals surface area contributed by atoms with Crippen LogP contribution < -0.4 is 0 Å². The van der Waals surface area contributed by atoms with E-state index >= 15 is 0 Å². The fraction of sp³-hybridized carbons (Fsp3) is 0.833.